The molecule has 2 atom stereocenters. The maximum absolute atomic E-state index is 14.1. The van der Waals surface area contributed by atoms with E-state index in [0.29, 0.717) is 11.6 Å². The van der Waals surface area contributed by atoms with Crippen molar-refractivity contribution in [1.29, 1.82) is 0 Å². The van der Waals surface area contributed by atoms with Gasteiger partial charge < -0.3 is 15.3 Å². The first kappa shape index (κ1) is 24.9. The first-order valence-corrected chi connectivity index (χ1v) is 10.5. The molecule has 1 aromatic heterocycles. The number of aromatic nitrogens is 1. The number of phenols is 1. The third-order valence-electron chi connectivity index (χ3n) is 6.33. The lowest BCUT2D eigenvalue weighted by molar-refractivity contribution is -0.194. The van der Waals surface area contributed by atoms with E-state index in [9.17, 15) is 31.9 Å². The van der Waals surface area contributed by atoms with Crippen molar-refractivity contribution < 1.29 is 31.9 Å². The summed E-state index contributed by atoms with van der Waals surface area (Å²) in [6.45, 7) is 0.0204. The maximum Gasteiger partial charge on any atom is 0.395 e. The number of nitrogens with zero attached hydrogens (tertiary/aromatic N) is 2. The van der Waals surface area contributed by atoms with Crippen LogP contribution in [-0.4, -0.2) is 53.8 Å². The molecule has 3 rings (SSSR count). The monoisotopic (exact) mass is 471 g/mol. The molecule has 1 aliphatic rings. The van der Waals surface area contributed by atoms with E-state index in [1.807, 2.05) is 0 Å². The number of halogens is 5. The fraction of sp³-hybridized carbons (Fsp3) is 0.478. The number of amides is 1. The van der Waals surface area contributed by atoms with Crippen molar-refractivity contribution in [3.05, 3.63) is 59.4 Å². The van der Waals surface area contributed by atoms with E-state index >= 15 is 0 Å². The Bertz CT molecular complexity index is 978. The van der Waals surface area contributed by atoms with Gasteiger partial charge in [-0.1, -0.05) is 6.07 Å². The molecule has 1 fully saturated rings. The molecule has 2 N–H and O–H groups in total. The van der Waals surface area contributed by atoms with Gasteiger partial charge in [-0.3, -0.25) is 9.78 Å². The number of pyridine rings is 1. The van der Waals surface area contributed by atoms with E-state index in [1.165, 1.54) is 12.4 Å². The zero-order valence-electron chi connectivity index (χ0n) is 18.3. The Labute approximate surface area is 188 Å². The van der Waals surface area contributed by atoms with Gasteiger partial charge in [0.05, 0.1) is 5.41 Å². The topological polar surface area (TPSA) is 65.5 Å². The molecule has 1 aliphatic carbocycles. The van der Waals surface area contributed by atoms with Crippen LogP contribution in [0, 0.1) is 17.0 Å². The molecule has 0 spiro atoms. The summed E-state index contributed by atoms with van der Waals surface area (Å²) in [6, 6.07) is 4.20. The van der Waals surface area contributed by atoms with Gasteiger partial charge in [-0.2, -0.15) is 13.2 Å². The molecule has 0 bridgehead atoms. The average molecular weight is 471 g/mol. The predicted molar refractivity (Wildman–Crippen MR) is 112 cm³/mol. The van der Waals surface area contributed by atoms with Gasteiger partial charge in [-0.05, 0) is 56.6 Å². The number of hydrogen-bond acceptors (Lipinski definition) is 4. The van der Waals surface area contributed by atoms with E-state index in [-0.39, 0.29) is 37.8 Å². The molecule has 1 saturated carbocycles. The fourth-order valence-electron chi connectivity index (χ4n) is 4.09. The molecule has 0 aliphatic heterocycles. The number of rotatable bonds is 9. The molecule has 0 saturated heterocycles. The summed E-state index contributed by atoms with van der Waals surface area (Å²) < 4.78 is 69.2. The van der Waals surface area contributed by atoms with Gasteiger partial charge in [0.15, 0.2) is 11.6 Å². The van der Waals surface area contributed by atoms with E-state index in [0.717, 1.165) is 6.07 Å². The molecule has 10 heteroatoms. The number of hydrogen-bond donors (Lipinski definition) is 2. The fourth-order valence-corrected chi connectivity index (χ4v) is 4.09. The highest BCUT2D eigenvalue weighted by Gasteiger charge is 2.67. The minimum Gasteiger partial charge on any atom is -0.505 e. The first-order valence-electron chi connectivity index (χ1n) is 10.5. The van der Waals surface area contributed by atoms with Crippen molar-refractivity contribution >= 4 is 5.91 Å². The van der Waals surface area contributed by atoms with Crippen LogP contribution < -0.4 is 5.32 Å². The summed E-state index contributed by atoms with van der Waals surface area (Å²) in [4.78, 5) is 18.3. The summed E-state index contributed by atoms with van der Waals surface area (Å²) in [5.74, 6) is -4.18. The van der Waals surface area contributed by atoms with Gasteiger partial charge >= 0.3 is 6.18 Å². The van der Waals surface area contributed by atoms with Crippen LogP contribution in [0.15, 0.2) is 36.7 Å². The molecular weight excluding hydrogens is 445 g/mol. The molecule has 1 amide bonds. The van der Waals surface area contributed by atoms with Gasteiger partial charge in [0.2, 0.25) is 5.91 Å². The van der Waals surface area contributed by atoms with Crippen molar-refractivity contribution in [2.24, 2.45) is 5.41 Å². The maximum atomic E-state index is 14.1. The number of carbonyl (C=O) groups excluding carboxylic acids is 1. The van der Waals surface area contributed by atoms with Crippen LogP contribution in [0.25, 0.3) is 0 Å². The zero-order chi connectivity index (χ0) is 24.4. The predicted octanol–water partition coefficient (Wildman–Crippen LogP) is 4.17. The lowest BCUT2D eigenvalue weighted by atomic mass is 9.80. The van der Waals surface area contributed by atoms with Crippen LogP contribution in [0.3, 0.4) is 0 Å². The number of likely N-dealkylation sites (N-methyl/N-ethyl adjacent to an activating group) is 1. The van der Waals surface area contributed by atoms with Crippen molar-refractivity contribution in [3.8, 4) is 5.75 Å². The van der Waals surface area contributed by atoms with E-state index in [1.54, 1.807) is 31.1 Å². The van der Waals surface area contributed by atoms with Crippen molar-refractivity contribution in [1.82, 2.24) is 15.2 Å². The molecule has 1 heterocycles. The summed E-state index contributed by atoms with van der Waals surface area (Å²) >= 11 is 0. The minimum atomic E-state index is -4.44. The summed E-state index contributed by atoms with van der Waals surface area (Å²) in [5, 5.41) is 11.9. The second kappa shape index (κ2) is 9.62. The summed E-state index contributed by atoms with van der Waals surface area (Å²) in [7, 11) is 3.37. The number of nitrogens with one attached hydrogen (secondary N) is 1. The minimum absolute atomic E-state index is 0.0143. The third kappa shape index (κ3) is 5.61. The Hall–Kier alpha value is -2.75. The standard InChI is InChI=1S/C23H26F5N3O2/c1-31(2)16(8-15-9-19(25)20(32)11-18(15)24)13-30-21(33)10-17(14-4-3-7-29-12-14)22(5-6-22)23(26,27)28/h3-4,7,9,11-12,16-17,32H,5-6,8,10,13H2,1-2H3,(H,30,33)/t16-,17+/m0/s1. The Morgan fingerprint density at radius 1 is 1.24 bits per heavy atom. The van der Waals surface area contributed by atoms with E-state index < -0.39 is 46.8 Å². The number of aromatic hydroxyl groups is 1. The molecule has 33 heavy (non-hydrogen) atoms. The van der Waals surface area contributed by atoms with E-state index in [4.69, 9.17) is 0 Å². The highest BCUT2D eigenvalue weighted by atomic mass is 19.4. The average Bonchev–Trinajstić information content (AvgIpc) is 3.55. The molecule has 5 nitrogen and oxygen atoms in total. The Kier molecular flexibility index (Phi) is 7.26. The van der Waals surface area contributed by atoms with Crippen LogP contribution in [0.4, 0.5) is 22.0 Å². The third-order valence-corrected chi connectivity index (χ3v) is 6.33. The number of alkyl halides is 3. The van der Waals surface area contributed by atoms with Crippen molar-refractivity contribution in [2.45, 2.75) is 43.8 Å². The van der Waals surface area contributed by atoms with Crippen LogP contribution in [0.5, 0.6) is 5.75 Å². The zero-order valence-corrected chi connectivity index (χ0v) is 18.3. The van der Waals surface area contributed by atoms with Crippen molar-refractivity contribution in [3.63, 3.8) is 0 Å². The normalized spacial score (nSPS) is 17.0. The van der Waals surface area contributed by atoms with Crippen molar-refractivity contribution in [2.75, 3.05) is 20.6 Å². The number of carbonyl (C=O) groups is 1. The lowest BCUT2D eigenvalue weighted by Gasteiger charge is -2.30. The van der Waals surface area contributed by atoms with Crippen LogP contribution in [0.1, 0.15) is 36.3 Å². The Morgan fingerprint density at radius 3 is 2.48 bits per heavy atom. The summed E-state index contributed by atoms with van der Waals surface area (Å²) in [5.41, 5.74) is -1.57. The van der Waals surface area contributed by atoms with Crippen LogP contribution in [0.2, 0.25) is 0 Å². The Balaban J connectivity index is 1.70. The molecular formula is C23H26F5N3O2. The SMILES string of the molecule is CN(C)[C@H](CNC(=O)C[C@H](c1cccnc1)C1(C(F)(F)F)CC1)Cc1cc(F)c(O)cc1F. The highest BCUT2D eigenvalue weighted by molar-refractivity contribution is 5.77. The van der Waals surface area contributed by atoms with Gasteiger partial charge in [-0.25, -0.2) is 8.78 Å². The molecule has 0 radical (unpaired) electrons. The first-order chi connectivity index (χ1) is 15.4. The summed E-state index contributed by atoms with van der Waals surface area (Å²) in [6.07, 6.45) is -2.07. The van der Waals surface area contributed by atoms with Gasteiger partial charge in [0.1, 0.15) is 5.82 Å². The largest absolute Gasteiger partial charge is 0.505 e. The van der Waals surface area contributed by atoms with Crippen LogP contribution in [-0.2, 0) is 11.2 Å². The highest BCUT2D eigenvalue weighted by Crippen LogP contribution is 2.66. The van der Waals surface area contributed by atoms with Gasteiger partial charge in [0.25, 0.3) is 0 Å². The van der Waals surface area contributed by atoms with Crippen LogP contribution >= 0.6 is 0 Å². The number of benzene rings is 1. The van der Waals surface area contributed by atoms with E-state index in [2.05, 4.69) is 10.3 Å². The van der Waals surface area contributed by atoms with Gasteiger partial charge in [0, 0.05) is 43.4 Å². The quantitative estimate of drug-likeness (QED) is 0.539. The second-order valence-corrected chi connectivity index (χ2v) is 8.72. The molecule has 2 aromatic rings. The molecule has 180 valence electrons. The van der Waals surface area contributed by atoms with Gasteiger partial charge in [-0.15, -0.1) is 0 Å². The Morgan fingerprint density at radius 2 is 1.94 bits per heavy atom. The second-order valence-electron chi connectivity index (χ2n) is 8.72. The molecule has 0 unspecified atom stereocenters. The number of phenolic OH excluding ortho intramolecular Hbond substituents is 1. The molecule has 1 aromatic carbocycles. The smallest absolute Gasteiger partial charge is 0.395 e. The lowest BCUT2D eigenvalue weighted by Crippen LogP contribution is -2.43.